The molecule has 1 rings (SSSR count). The fourth-order valence-corrected chi connectivity index (χ4v) is 2.35. The Morgan fingerprint density at radius 3 is 1.85 bits per heavy atom. The van der Waals surface area contributed by atoms with E-state index < -0.39 is 54.5 Å². The van der Waals surface area contributed by atoms with E-state index in [1.165, 1.54) is 0 Å². The minimum Gasteiger partial charge on any atom is -0.463 e. The van der Waals surface area contributed by atoms with Crippen molar-refractivity contribution in [1.29, 1.82) is 0 Å². The molecule has 0 spiro atoms. The number of hydrogen-bond acceptors (Lipinski definition) is 10. The lowest BCUT2D eigenvalue weighted by Gasteiger charge is -2.43. The van der Waals surface area contributed by atoms with Crippen LogP contribution in [-0.4, -0.2) is 61.1 Å². The largest absolute Gasteiger partial charge is 0.463 e. The smallest absolute Gasteiger partial charge is 0.303 e. The Bertz CT molecular complexity index is 617. The van der Waals surface area contributed by atoms with E-state index in [2.05, 4.69) is 10.0 Å². The van der Waals surface area contributed by atoms with Crippen molar-refractivity contribution in [3.05, 3.63) is 10.4 Å². The minimum atomic E-state index is -1.40. The summed E-state index contributed by atoms with van der Waals surface area (Å²) in [5, 5.41) is 3.38. The zero-order valence-corrected chi connectivity index (χ0v) is 14.6. The first-order chi connectivity index (χ1) is 12.1. The molecule has 0 amide bonds. The average Bonchev–Trinajstić information content (AvgIpc) is 2.50. The number of nitrogens with zero attached hydrogens (tertiary/aromatic N) is 3. The van der Waals surface area contributed by atoms with Crippen molar-refractivity contribution in [2.45, 2.75) is 58.3 Å². The molecule has 0 aromatic carbocycles. The van der Waals surface area contributed by atoms with Crippen molar-refractivity contribution in [2.24, 2.45) is 5.11 Å². The third-order valence-electron chi connectivity index (χ3n) is 3.13. The highest BCUT2D eigenvalue weighted by atomic mass is 16.7. The number of carbonyl (C=O) groups is 4. The molecule has 0 bridgehead atoms. The Kier molecular flexibility index (Phi) is 7.81. The molecule has 0 unspecified atom stereocenters. The highest BCUT2D eigenvalue weighted by Gasteiger charge is 2.51. The van der Waals surface area contributed by atoms with Gasteiger partial charge in [-0.3, -0.25) is 19.2 Å². The summed E-state index contributed by atoms with van der Waals surface area (Å²) in [4.78, 5) is 48.0. The van der Waals surface area contributed by atoms with Gasteiger partial charge in [-0.2, -0.15) is 0 Å². The van der Waals surface area contributed by atoms with Crippen LogP contribution in [0.2, 0.25) is 0 Å². The van der Waals surface area contributed by atoms with Gasteiger partial charge in [0.15, 0.2) is 24.5 Å². The van der Waals surface area contributed by atoms with Crippen LogP contribution in [-0.2, 0) is 42.9 Å². The van der Waals surface area contributed by atoms with Crippen LogP contribution in [0.3, 0.4) is 0 Å². The van der Waals surface area contributed by atoms with Crippen LogP contribution in [0.5, 0.6) is 0 Å². The third kappa shape index (κ3) is 6.22. The number of azide groups is 1. The molecule has 12 nitrogen and oxygen atoms in total. The molecule has 0 aromatic rings. The lowest BCUT2D eigenvalue weighted by Crippen LogP contribution is -2.61. The van der Waals surface area contributed by atoms with Gasteiger partial charge in [0.05, 0.1) is 0 Å². The van der Waals surface area contributed by atoms with E-state index in [1.54, 1.807) is 0 Å². The highest BCUT2D eigenvalue weighted by molar-refractivity contribution is 5.68. The van der Waals surface area contributed by atoms with Crippen molar-refractivity contribution in [3.8, 4) is 0 Å². The Balaban J connectivity index is 3.28. The normalized spacial score (nSPS) is 27.5. The van der Waals surface area contributed by atoms with Gasteiger partial charge in [0.25, 0.3) is 0 Å². The lowest BCUT2D eigenvalue weighted by atomic mass is 9.97. The monoisotopic (exact) mass is 373 g/mol. The van der Waals surface area contributed by atoms with Crippen molar-refractivity contribution in [3.63, 3.8) is 0 Å². The molecule has 144 valence electrons. The van der Waals surface area contributed by atoms with Gasteiger partial charge in [-0.05, 0) is 5.53 Å². The lowest BCUT2D eigenvalue weighted by molar-refractivity contribution is -0.251. The second-order valence-corrected chi connectivity index (χ2v) is 5.29. The van der Waals surface area contributed by atoms with Crippen LogP contribution >= 0.6 is 0 Å². The summed E-state index contributed by atoms with van der Waals surface area (Å²) in [6, 6.07) is 0. The summed E-state index contributed by atoms with van der Waals surface area (Å²) in [6.45, 7) is 4.06. The van der Waals surface area contributed by atoms with Crippen molar-refractivity contribution in [2.75, 3.05) is 6.61 Å². The van der Waals surface area contributed by atoms with E-state index in [1.807, 2.05) is 0 Å². The number of ether oxygens (including phenoxy) is 5. The van der Waals surface area contributed by atoms with E-state index in [4.69, 9.17) is 29.2 Å². The standard InChI is InChI=1S/C14H19N3O9/c1-6(18)22-5-10-11(23-7(2)19)12(24-8(3)20)13(25-9(4)21)14(26-10)16-17-15/h10-14H,5H2,1-4H3/t10-,11-,12+,13+,14-/m0/s1. The summed E-state index contributed by atoms with van der Waals surface area (Å²) in [5.74, 6) is -2.92. The molecule has 0 N–H and O–H groups in total. The molecule has 26 heavy (non-hydrogen) atoms. The van der Waals surface area contributed by atoms with E-state index in [0.29, 0.717) is 0 Å². The first-order valence-corrected chi connectivity index (χ1v) is 7.50. The SMILES string of the molecule is CC(=O)OC[C@@H]1O[C@H](N=[N+]=[N-])[C@H](OC(C)=O)[C@H](OC(C)=O)[C@H]1OC(C)=O. The zero-order valence-electron chi connectivity index (χ0n) is 14.6. The molecule has 0 radical (unpaired) electrons. The summed E-state index contributed by atoms with van der Waals surface area (Å²) >= 11 is 0. The van der Waals surface area contributed by atoms with Crippen LogP contribution in [0.25, 0.3) is 10.4 Å². The first-order valence-electron chi connectivity index (χ1n) is 7.50. The van der Waals surface area contributed by atoms with Gasteiger partial charge < -0.3 is 23.7 Å². The molecule has 0 aromatic heterocycles. The Morgan fingerprint density at radius 1 is 0.885 bits per heavy atom. The van der Waals surface area contributed by atoms with Crippen LogP contribution in [0.1, 0.15) is 27.7 Å². The molecule has 5 atom stereocenters. The Labute approximate surface area is 148 Å². The number of carbonyl (C=O) groups excluding carboxylic acids is 4. The van der Waals surface area contributed by atoms with E-state index in [0.717, 1.165) is 27.7 Å². The molecule has 1 fully saturated rings. The van der Waals surface area contributed by atoms with Crippen LogP contribution in [0.15, 0.2) is 5.11 Å². The predicted molar refractivity (Wildman–Crippen MR) is 81.1 cm³/mol. The maximum atomic E-state index is 11.5. The maximum absolute atomic E-state index is 11.5. The quantitative estimate of drug-likeness (QED) is 0.210. The van der Waals surface area contributed by atoms with Gasteiger partial charge in [0.1, 0.15) is 12.7 Å². The second kappa shape index (κ2) is 9.59. The van der Waals surface area contributed by atoms with Gasteiger partial charge in [-0.1, -0.05) is 5.11 Å². The summed E-state index contributed by atoms with van der Waals surface area (Å²) in [5.41, 5.74) is 8.71. The molecule has 1 aliphatic rings. The Morgan fingerprint density at radius 2 is 1.38 bits per heavy atom. The van der Waals surface area contributed by atoms with Crippen LogP contribution in [0, 0.1) is 0 Å². The van der Waals surface area contributed by atoms with Crippen molar-refractivity contribution in [1.82, 2.24) is 0 Å². The summed E-state index contributed by atoms with van der Waals surface area (Å²) in [6.07, 6.45) is -6.52. The van der Waals surface area contributed by atoms with Gasteiger partial charge in [-0.25, -0.2) is 0 Å². The van der Waals surface area contributed by atoms with Gasteiger partial charge in [-0.15, -0.1) is 0 Å². The summed E-state index contributed by atoms with van der Waals surface area (Å²) in [7, 11) is 0. The number of esters is 4. The molecule has 1 saturated heterocycles. The van der Waals surface area contributed by atoms with Gasteiger partial charge in [0.2, 0.25) is 0 Å². The maximum Gasteiger partial charge on any atom is 0.303 e. The summed E-state index contributed by atoms with van der Waals surface area (Å²) < 4.78 is 25.6. The van der Waals surface area contributed by atoms with Gasteiger partial charge >= 0.3 is 23.9 Å². The average molecular weight is 373 g/mol. The molecule has 1 heterocycles. The third-order valence-corrected chi connectivity index (χ3v) is 3.13. The Hall–Kier alpha value is -2.85. The van der Waals surface area contributed by atoms with E-state index in [9.17, 15) is 19.2 Å². The van der Waals surface area contributed by atoms with E-state index in [-0.39, 0.29) is 6.61 Å². The molecular weight excluding hydrogens is 354 g/mol. The molecular formula is C14H19N3O9. The molecule has 12 heteroatoms. The number of hydrogen-bond donors (Lipinski definition) is 0. The van der Waals surface area contributed by atoms with Gasteiger partial charge in [0, 0.05) is 32.6 Å². The zero-order chi connectivity index (χ0) is 19.9. The van der Waals surface area contributed by atoms with E-state index >= 15 is 0 Å². The predicted octanol–water partition coefficient (Wildman–Crippen LogP) is 0.380. The molecule has 0 saturated carbocycles. The highest BCUT2D eigenvalue weighted by Crippen LogP contribution is 2.29. The number of rotatable bonds is 6. The van der Waals surface area contributed by atoms with Crippen molar-refractivity contribution >= 4 is 23.9 Å². The fourth-order valence-electron chi connectivity index (χ4n) is 2.35. The first kappa shape index (κ1) is 21.2. The fraction of sp³-hybridized carbons (Fsp3) is 0.714. The van der Waals surface area contributed by atoms with Crippen LogP contribution < -0.4 is 0 Å². The molecule has 1 aliphatic heterocycles. The van der Waals surface area contributed by atoms with Crippen LogP contribution in [0.4, 0.5) is 0 Å². The topological polar surface area (TPSA) is 163 Å². The van der Waals surface area contributed by atoms with Crippen molar-refractivity contribution < 1.29 is 42.9 Å². The molecule has 0 aliphatic carbocycles. The minimum absolute atomic E-state index is 0.380. The second-order valence-electron chi connectivity index (χ2n) is 5.29.